The van der Waals surface area contributed by atoms with Gasteiger partial charge in [0.15, 0.2) is 5.78 Å². The Labute approximate surface area is 130 Å². The van der Waals surface area contributed by atoms with Crippen LogP contribution in [0.4, 0.5) is 0 Å². The maximum atomic E-state index is 12.0. The number of hydrogen-bond acceptors (Lipinski definition) is 2. The van der Waals surface area contributed by atoms with Crippen LogP contribution < -0.4 is 5.32 Å². The van der Waals surface area contributed by atoms with E-state index in [0.717, 1.165) is 0 Å². The molecule has 1 N–H and O–H groups in total. The van der Waals surface area contributed by atoms with Crippen LogP contribution in [0.2, 0.25) is 5.02 Å². The van der Waals surface area contributed by atoms with Crippen molar-refractivity contribution in [3.63, 3.8) is 0 Å². The van der Waals surface area contributed by atoms with Crippen molar-refractivity contribution in [1.82, 2.24) is 5.32 Å². The highest BCUT2D eigenvalue weighted by Crippen LogP contribution is 2.25. The van der Waals surface area contributed by atoms with E-state index >= 15 is 0 Å². The van der Waals surface area contributed by atoms with Crippen molar-refractivity contribution in [3.8, 4) is 0 Å². The molecule has 0 radical (unpaired) electrons. The summed E-state index contributed by atoms with van der Waals surface area (Å²) < 4.78 is 0.640. The van der Waals surface area contributed by atoms with Gasteiger partial charge in [0.1, 0.15) is 0 Å². The lowest BCUT2D eigenvalue weighted by Gasteiger charge is -2.07. The van der Waals surface area contributed by atoms with E-state index in [0.29, 0.717) is 20.6 Å². The van der Waals surface area contributed by atoms with Crippen molar-refractivity contribution >= 4 is 39.2 Å². The van der Waals surface area contributed by atoms with Crippen LogP contribution in [0.25, 0.3) is 0 Å². The second-order valence-corrected chi connectivity index (χ2v) is 5.31. The van der Waals surface area contributed by atoms with E-state index in [-0.39, 0.29) is 18.2 Å². The summed E-state index contributed by atoms with van der Waals surface area (Å²) in [5.74, 6) is -0.523. The van der Waals surface area contributed by atoms with Gasteiger partial charge in [0.25, 0.3) is 5.91 Å². The summed E-state index contributed by atoms with van der Waals surface area (Å²) in [7, 11) is 0. The Kier molecular flexibility index (Phi) is 4.93. The first-order chi connectivity index (χ1) is 9.59. The number of amides is 1. The lowest BCUT2D eigenvalue weighted by molar-refractivity contribution is 0.0904. The maximum absolute atomic E-state index is 12.0. The van der Waals surface area contributed by atoms with Crippen LogP contribution in [-0.2, 0) is 0 Å². The van der Waals surface area contributed by atoms with Gasteiger partial charge in [-0.2, -0.15) is 0 Å². The molecule has 1 amide bonds. The van der Waals surface area contributed by atoms with Gasteiger partial charge in [-0.1, -0.05) is 48.0 Å². The smallest absolute Gasteiger partial charge is 0.253 e. The van der Waals surface area contributed by atoms with Crippen LogP contribution in [0, 0.1) is 0 Å². The largest absolute Gasteiger partial charge is 0.345 e. The summed E-state index contributed by atoms with van der Waals surface area (Å²) in [6, 6.07) is 13.9. The number of rotatable bonds is 4. The monoisotopic (exact) mass is 351 g/mol. The Bertz CT molecular complexity index is 644. The number of carbonyl (C=O) groups is 2. The molecule has 102 valence electrons. The zero-order chi connectivity index (χ0) is 14.5. The highest BCUT2D eigenvalue weighted by Gasteiger charge is 2.13. The highest BCUT2D eigenvalue weighted by molar-refractivity contribution is 9.10. The number of hydrogen-bond donors (Lipinski definition) is 1. The van der Waals surface area contributed by atoms with E-state index in [1.807, 2.05) is 6.07 Å². The minimum absolute atomic E-state index is 0.0638. The third-order valence-electron chi connectivity index (χ3n) is 2.70. The van der Waals surface area contributed by atoms with Crippen LogP contribution in [0.15, 0.2) is 53.0 Å². The van der Waals surface area contributed by atoms with Crippen molar-refractivity contribution in [3.05, 3.63) is 69.2 Å². The Morgan fingerprint density at radius 2 is 1.75 bits per heavy atom. The number of halogens is 2. The zero-order valence-corrected chi connectivity index (χ0v) is 12.7. The van der Waals surface area contributed by atoms with Crippen molar-refractivity contribution in [1.29, 1.82) is 0 Å². The van der Waals surface area contributed by atoms with E-state index in [9.17, 15) is 9.59 Å². The fourth-order valence-corrected chi connectivity index (χ4v) is 2.24. The molecule has 0 heterocycles. The number of carbonyl (C=O) groups excluding carboxylic acids is 2. The van der Waals surface area contributed by atoms with Crippen LogP contribution in [0.5, 0.6) is 0 Å². The van der Waals surface area contributed by atoms with Crippen molar-refractivity contribution in [2.75, 3.05) is 6.54 Å². The van der Waals surface area contributed by atoms with Gasteiger partial charge in [0.05, 0.1) is 17.1 Å². The van der Waals surface area contributed by atoms with Gasteiger partial charge in [-0.15, -0.1) is 0 Å². The van der Waals surface area contributed by atoms with Gasteiger partial charge >= 0.3 is 0 Å². The third-order valence-corrected chi connectivity index (χ3v) is 4.00. The fraction of sp³-hybridized carbons (Fsp3) is 0.0667. The molecule has 2 aromatic rings. The summed E-state index contributed by atoms with van der Waals surface area (Å²) >= 11 is 9.28. The molecule has 0 unspecified atom stereocenters. The molecule has 0 atom stereocenters. The molecule has 0 aliphatic heterocycles. The summed E-state index contributed by atoms with van der Waals surface area (Å²) in [4.78, 5) is 23.9. The topological polar surface area (TPSA) is 46.2 Å². The molecule has 0 saturated carbocycles. The lowest BCUT2D eigenvalue weighted by Crippen LogP contribution is -2.29. The molecule has 3 nitrogen and oxygen atoms in total. The molecular weight excluding hydrogens is 342 g/mol. The second-order valence-electron chi connectivity index (χ2n) is 4.07. The minimum Gasteiger partial charge on any atom is -0.345 e. The standard InChI is InChI=1S/C15H11BrClNO2/c16-12-8-4-7-11(14(12)17)15(20)18-9-13(19)10-5-2-1-3-6-10/h1-8H,9H2,(H,18,20). The summed E-state index contributed by atoms with van der Waals surface area (Å²) in [6.45, 7) is -0.0638. The first-order valence-electron chi connectivity index (χ1n) is 5.90. The maximum Gasteiger partial charge on any atom is 0.253 e. The van der Waals surface area contributed by atoms with Crippen LogP contribution in [0.3, 0.4) is 0 Å². The molecule has 0 bridgehead atoms. The van der Waals surface area contributed by atoms with Crippen molar-refractivity contribution in [2.24, 2.45) is 0 Å². The third kappa shape index (κ3) is 3.46. The van der Waals surface area contributed by atoms with Crippen molar-refractivity contribution in [2.45, 2.75) is 0 Å². The molecule has 2 rings (SSSR count). The number of nitrogens with one attached hydrogen (secondary N) is 1. The quantitative estimate of drug-likeness (QED) is 0.853. The van der Waals surface area contributed by atoms with E-state index in [4.69, 9.17) is 11.6 Å². The Balaban J connectivity index is 2.03. The molecule has 2 aromatic carbocycles. The first kappa shape index (κ1) is 14.8. The van der Waals surface area contributed by atoms with Crippen LogP contribution in [-0.4, -0.2) is 18.2 Å². The van der Waals surface area contributed by atoms with Gasteiger partial charge in [-0.3, -0.25) is 9.59 Å². The van der Waals surface area contributed by atoms with Gasteiger partial charge in [-0.25, -0.2) is 0 Å². The van der Waals surface area contributed by atoms with Gasteiger partial charge in [-0.05, 0) is 28.1 Å². The molecule has 0 aromatic heterocycles. The van der Waals surface area contributed by atoms with Crippen LogP contribution in [0.1, 0.15) is 20.7 Å². The van der Waals surface area contributed by atoms with Gasteiger partial charge in [0.2, 0.25) is 0 Å². The molecule has 20 heavy (non-hydrogen) atoms. The molecule has 0 saturated heterocycles. The predicted molar refractivity (Wildman–Crippen MR) is 82.3 cm³/mol. The van der Waals surface area contributed by atoms with E-state index in [2.05, 4.69) is 21.2 Å². The normalized spacial score (nSPS) is 10.1. The minimum atomic E-state index is -0.374. The Morgan fingerprint density at radius 3 is 2.45 bits per heavy atom. The van der Waals surface area contributed by atoms with Crippen LogP contribution >= 0.6 is 27.5 Å². The zero-order valence-electron chi connectivity index (χ0n) is 10.4. The van der Waals surface area contributed by atoms with Crippen molar-refractivity contribution < 1.29 is 9.59 Å². The summed E-state index contributed by atoms with van der Waals surface area (Å²) in [5.41, 5.74) is 0.898. The van der Waals surface area contributed by atoms with Gasteiger partial charge in [0, 0.05) is 10.0 Å². The van der Waals surface area contributed by atoms with Gasteiger partial charge < -0.3 is 5.32 Å². The highest BCUT2D eigenvalue weighted by atomic mass is 79.9. The number of Topliss-reactive ketones (excluding diaryl/α,β-unsaturated/α-hetero) is 1. The Hall–Kier alpha value is -1.65. The SMILES string of the molecule is O=C(CNC(=O)c1cccc(Br)c1Cl)c1ccccc1. The molecule has 0 aliphatic rings. The van der Waals surface area contributed by atoms with E-state index in [1.165, 1.54) is 0 Å². The first-order valence-corrected chi connectivity index (χ1v) is 7.07. The fourth-order valence-electron chi connectivity index (χ4n) is 1.66. The second kappa shape index (κ2) is 6.68. The molecule has 0 spiro atoms. The van der Waals surface area contributed by atoms with E-state index < -0.39 is 0 Å². The number of benzene rings is 2. The lowest BCUT2D eigenvalue weighted by atomic mass is 10.1. The molecule has 5 heteroatoms. The average Bonchev–Trinajstić information content (AvgIpc) is 2.48. The van der Waals surface area contributed by atoms with E-state index in [1.54, 1.807) is 42.5 Å². The summed E-state index contributed by atoms with van der Waals surface area (Å²) in [5, 5.41) is 2.90. The average molecular weight is 353 g/mol. The Morgan fingerprint density at radius 1 is 1.05 bits per heavy atom. The predicted octanol–water partition coefficient (Wildman–Crippen LogP) is 3.72. The molecular formula is C15H11BrClNO2. The molecule has 0 fully saturated rings. The number of ketones is 1. The summed E-state index contributed by atoms with van der Waals surface area (Å²) in [6.07, 6.45) is 0. The molecule has 0 aliphatic carbocycles.